The predicted octanol–water partition coefficient (Wildman–Crippen LogP) is 2.62. The third-order valence-corrected chi connectivity index (χ3v) is 3.06. The van der Waals surface area contributed by atoms with E-state index in [4.69, 9.17) is 5.26 Å². The molecule has 6 heteroatoms. The number of anilines is 1. The van der Waals surface area contributed by atoms with E-state index in [-0.39, 0.29) is 5.82 Å². The van der Waals surface area contributed by atoms with Crippen molar-refractivity contribution >= 4 is 16.7 Å². The van der Waals surface area contributed by atoms with Crippen LogP contribution in [0.5, 0.6) is 0 Å². The summed E-state index contributed by atoms with van der Waals surface area (Å²) in [4.78, 5) is 11.5. The molecule has 2 aromatic heterocycles. The summed E-state index contributed by atoms with van der Waals surface area (Å²) >= 11 is 0. The molecule has 0 aliphatic rings. The van der Waals surface area contributed by atoms with Crippen LogP contribution in [0.3, 0.4) is 0 Å². The predicted molar refractivity (Wildman–Crippen MR) is 77.2 cm³/mol. The van der Waals surface area contributed by atoms with Gasteiger partial charge in [0.05, 0.1) is 22.9 Å². The largest absolute Gasteiger partial charge is 0.383 e. The monoisotopic (exact) mass is 281 g/mol. The Labute approximate surface area is 120 Å². The standard InChI is InChI=1S/C15H12FN5/c16-10-1-4-13-14(7-10)21-15(20-13)5-6-18-12-3-2-11(8-17)19-9-12/h1-4,7,9,18H,5-6H2,(H,20,21). The van der Waals surface area contributed by atoms with Crippen molar-refractivity contribution in [1.29, 1.82) is 5.26 Å². The molecule has 5 nitrogen and oxygen atoms in total. The molecule has 0 aliphatic heterocycles. The van der Waals surface area contributed by atoms with E-state index in [1.54, 1.807) is 24.4 Å². The lowest BCUT2D eigenvalue weighted by Gasteiger charge is -2.04. The van der Waals surface area contributed by atoms with Gasteiger partial charge in [-0.15, -0.1) is 0 Å². The topological polar surface area (TPSA) is 77.4 Å². The lowest BCUT2D eigenvalue weighted by Crippen LogP contribution is -2.06. The smallest absolute Gasteiger partial charge is 0.140 e. The van der Waals surface area contributed by atoms with Crippen molar-refractivity contribution in [2.24, 2.45) is 0 Å². The van der Waals surface area contributed by atoms with Gasteiger partial charge in [-0.05, 0) is 30.3 Å². The molecule has 3 aromatic rings. The number of nitrogens with one attached hydrogen (secondary N) is 2. The number of pyridine rings is 1. The van der Waals surface area contributed by atoms with Crippen LogP contribution in [0.25, 0.3) is 11.0 Å². The number of benzene rings is 1. The highest BCUT2D eigenvalue weighted by Gasteiger charge is 2.03. The van der Waals surface area contributed by atoms with Gasteiger partial charge in [0.1, 0.15) is 23.4 Å². The van der Waals surface area contributed by atoms with Crippen molar-refractivity contribution in [1.82, 2.24) is 15.0 Å². The minimum Gasteiger partial charge on any atom is -0.383 e. The lowest BCUT2D eigenvalue weighted by atomic mass is 10.3. The van der Waals surface area contributed by atoms with Gasteiger partial charge in [0.15, 0.2) is 0 Å². The number of hydrogen-bond acceptors (Lipinski definition) is 4. The third-order valence-electron chi connectivity index (χ3n) is 3.06. The molecule has 0 spiro atoms. The summed E-state index contributed by atoms with van der Waals surface area (Å²) < 4.78 is 13.1. The Bertz CT molecular complexity index is 801. The molecular weight excluding hydrogens is 269 g/mol. The molecule has 104 valence electrons. The van der Waals surface area contributed by atoms with Crippen LogP contribution >= 0.6 is 0 Å². The van der Waals surface area contributed by atoms with Crippen molar-refractivity contribution in [2.75, 3.05) is 11.9 Å². The Kier molecular flexibility index (Phi) is 3.48. The Morgan fingerprint density at radius 1 is 1.29 bits per heavy atom. The Balaban J connectivity index is 1.62. The number of halogens is 1. The SMILES string of the molecule is N#Cc1ccc(NCCc2nc3ccc(F)cc3[nH]2)cn1. The van der Waals surface area contributed by atoms with E-state index in [0.717, 1.165) is 17.0 Å². The van der Waals surface area contributed by atoms with Crippen molar-refractivity contribution in [3.05, 3.63) is 53.9 Å². The minimum atomic E-state index is -0.278. The van der Waals surface area contributed by atoms with Crippen molar-refractivity contribution in [2.45, 2.75) is 6.42 Å². The summed E-state index contributed by atoms with van der Waals surface area (Å²) in [5.74, 6) is 0.518. The molecule has 0 fully saturated rings. The third kappa shape index (κ3) is 2.98. The van der Waals surface area contributed by atoms with E-state index >= 15 is 0 Å². The summed E-state index contributed by atoms with van der Waals surface area (Å²) in [5, 5.41) is 11.9. The summed E-state index contributed by atoms with van der Waals surface area (Å²) in [7, 11) is 0. The maximum absolute atomic E-state index is 13.1. The van der Waals surface area contributed by atoms with E-state index in [1.807, 2.05) is 6.07 Å². The van der Waals surface area contributed by atoms with Gasteiger partial charge in [-0.25, -0.2) is 14.4 Å². The van der Waals surface area contributed by atoms with E-state index < -0.39 is 0 Å². The Hall–Kier alpha value is -2.94. The van der Waals surface area contributed by atoms with Crippen molar-refractivity contribution in [3.63, 3.8) is 0 Å². The highest BCUT2D eigenvalue weighted by Crippen LogP contribution is 2.13. The molecule has 21 heavy (non-hydrogen) atoms. The number of aromatic nitrogens is 3. The summed E-state index contributed by atoms with van der Waals surface area (Å²) in [6.07, 6.45) is 2.29. The molecule has 2 heterocycles. The van der Waals surface area contributed by atoms with Gasteiger partial charge in [-0.1, -0.05) is 0 Å². The van der Waals surface area contributed by atoms with E-state index in [1.165, 1.54) is 12.1 Å². The van der Waals surface area contributed by atoms with Crippen LogP contribution in [0.4, 0.5) is 10.1 Å². The quantitative estimate of drug-likeness (QED) is 0.770. The molecule has 0 aliphatic carbocycles. The van der Waals surface area contributed by atoms with Crippen LogP contribution in [0.1, 0.15) is 11.5 Å². The first kappa shape index (κ1) is 13.1. The van der Waals surface area contributed by atoms with Crippen LogP contribution in [0.2, 0.25) is 0 Å². The lowest BCUT2D eigenvalue weighted by molar-refractivity contribution is 0.629. The zero-order valence-electron chi connectivity index (χ0n) is 11.1. The second kappa shape index (κ2) is 5.59. The zero-order chi connectivity index (χ0) is 14.7. The van der Waals surface area contributed by atoms with E-state index in [2.05, 4.69) is 20.3 Å². The fourth-order valence-electron chi connectivity index (χ4n) is 2.04. The molecule has 0 radical (unpaired) electrons. The van der Waals surface area contributed by atoms with Crippen LogP contribution in [-0.2, 0) is 6.42 Å². The average Bonchev–Trinajstić information content (AvgIpc) is 2.89. The van der Waals surface area contributed by atoms with Crippen LogP contribution in [-0.4, -0.2) is 21.5 Å². The van der Waals surface area contributed by atoms with Crippen LogP contribution < -0.4 is 5.32 Å². The van der Waals surface area contributed by atoms with Gasteiger partial charge in [0.2, 0.25) is 0 Å². The summed E-state index contributed by atoms with van der Waals surface area (Å²) in [6, 6.07) is 9.92. The molecule has 0 saturated heterocycles. The Morgan fingerprint density at radius 2 is 2.19 bits per heavy atom. The van der Waals surface area contributed by atoms with Gasteiger partial charge < -0.3 is 10.3 Å². The molecule has 0 unspecified atom stereocenters. The van der Waals surface area contributed by atoms with Gasteiger partial charge in [0, 0.05) is 13.0 Å². The number of fused-ring (bicyclic) bond motifs is 1. The fourth-order valence-corrected chi connectivity index (χ4v) is 2.04. The molecule has 2 N–H and O–H groups in total. The molecule has 3 rings (SSSR count). The second-order valence-electron chi connectivity index (χ2n) is 4.57. The van der Waals surface area contributed by atoms with Gasteiger partial charge in [0.25, 0.3) is 0 Å². The molecule has 1 aromatic carbocycles. The fraction of sp³-hybridized carbons (Fsp3) is 0.133. The van der Waals surface area contributed by atoms with Crippen LogP contribution in [0, 0.1) is 17.1 Å². The first-order valence-electron chi connectivity index (χ1n) is 6.49. The average molecular weight is 281 g/mol. The number of nitriles is 1. The van der Waals surface area contributed by atoms with Crippen molar-refractivity contribution in [3.8, 4) is 6.07 Å². The second-order valence-corrected chi connectivity index (χ2v) is 4.57. The first-order chi connectivity index (χ1) is 10.2. The van der Waals surface area contributed by atoms with Gasteiger partial charge in [-0.3, -0.25) is 0 Å². The Morgan fingerprint density at radius 3 is 2.95 bits per heavy atom. The van der Waals surface area contributed by atoms with Crippen molar-refractivity contribution < 1.29 is 4.39 Å². The zero-order valence-corrected chi connectivity index (χ0v) is 11.1. The molecule has 0 amide bonds. The van der Waals surface area contributed by atoms with Gasteiger partial charge >= 0.3 is 0 Å². The maximum atomic E-state index is 13.1. The van der Waals surface area contributed by atoms with E-state index in [9.17, 15) is 4.39 Å². The summed E-state index contributed by atoms with van der Waals surface area (Å²) in [5.41, 5.74) is 2.69. The molecule has 0 atom stereocenters. The molecular formula is C15H12FN5. The minimum absolute atomic E-state index is 0.278. The normalized spacial score (nSPS) is 10.5. The maximum Gasteiger partial charge on any atom is 0.140 e. The summed E-state index contributed by atoms with van der Waals surface area (Å²) in [6.45, 7) is 0.663. The van der Waals surface area contributed by atoms with Gasteiger partial charge in [-0.2, -0.15) is 5.26 Å². The van der Waals surface area contributed by atoms with E-state index in [0.29, 0.717) is 24.2 Å². The highest BCUT2D eigenvalue weighted by atomic mass is 19.1. The number of hydrogen-bond donors (Lipinski definition) is 2. The number of imidazole rings is 1. The molecule has 0 bridgehead atoms. The molecule has 0 saturated carbocycles. The number of rotatable bonds is 4. The van der Waals surface area contributed by atoms with Crippen LogP contribution in [0.15, 0.2) is 36.5 Å². The first-order valence-corrected chi connectivity index (χ1v) is 6.49. The number of nitrogens with zero attached hydrogens (tertiary/aromatic N) is 3. The highest BCUT2D eigenvalue weighted by molar-refractivity contribution is 5.74. The number of H-pyrrole nitrogens is 1. The number of aromatic amines is 1.